The van der Waals surface area contributed by atoms with E-state index in [0.29, 0.717) is 5.56 Å². The van der Waals surface area contributed by atoms with Crippen molar-refractivity contribution in [2.75, 3.05) is 11.9 Å². The summed E-state index contributed by atoms with van der Waals surface area (Å²) in [6.45, 7) is 12.1. The number of amides is 2. The standard InChI is InChI=1S/C25H35N2O7P.Na/c1-15(2)21-8-7-9-22(16(3)4)23(21)27-24(28)26-14-25(32-17(5)18(6)33-25)19-10-12-20(13-11-19)34-35(29,30)31;/h7-13,15-18H,14H2,1-6H3,(H2,26,27,28)(H2,29,30,31);/q;+1/p-1/t17-,18-;/m1./s1. The first kappa shape index (κ1) is 30.8. The summed E-state index contributed by atoms with van der Waals surface area (Å²) in [6, 6.07) is 11.5. The van der Waals surface area contributed by atoms with Crippen LogP contribution in [0.1, 0.15) is 70.1 Å². The molecule has 3 N–H and O–H groups in total. The predicted octanol–water partition coefficient (Wildman–Crippen LogP) is 1.58. The first-order chi connectivity index (χ1) is 16.3. The van der Waals surface area contributed by atoms with E-state index in [1.807, 2.05) is 32.0 Å². The number of hydrogen-bond acceptors (Lipinski definition) is 6. The van der Waals surface area contributed by atoms with Gasteiger partial charge in [-0.25, -0.2) is 4.79 Å². The third-order valence-electron chi connectivity index (χ3n) is 6.02. The predicted molar refractivity (Wildman–Crippen MR) is 131 cm³/mol. The van der Waals surface area contributed by atoms with E-state index in [-0.39, 0.29) is 65.9 Å². The van der Waals surface area contributed by atoms with Crippen LogP contribution in [-0.4, -0.2) is 29.7 Å². The summed E-state index contributed by atoms with van der Waals surface area (Å²) in [5, 5.41) is 5.89. The molecule has 9 nitrogen and oxygen atoms in total. The van der Waals surface area contributed by atoms with Gasteiger partial charge in [0.2, 0.25) is 5.79 Å². The van der Waals surface area contributed by atoms with Crippen LogP contribution in [-0.2, 0) is 19.8 Å². The second-order valence-electron chi connectivity index (χ2n) is 9.41. The van der Waals surface area contributed by atoms with Gasteiger partial charge in [-0.2, -0.15) is 0 Å². The Labute approximate surface area is 234 Å². The minimum absolute atomic E-state index is 0. The van der Waals surface area contributed by atoms with Crippen molar-refractivity contribution in [2.24, 2.45) is 0 Å². The van der Waals surface area contributed by atoms with Crippen molar-refractivity contribution < 1.29 is 62.7 Å². The average molecular weight is 529 g/mol. The molecule has 1 fully saturated rings. The monoisotopic (exact) mass is 528 g/mol. The summed E-state index contributed by atoms with van der Waals surface area (Å²) in [5.74, 6) is -0.890. The Morgan fingerprint density at radius 1 is 1.06 bits per heavy atom. The third kappa shape index (κ3) is 7.55. The Morgan fingerprint density at radius 3 is 2.00 bits per heavy atom. The fourth-order valence-corrected chi connectivity index (χ4v) is 4.48. The van der Waals surface area contributed by atoms with Crippen LogP contribution in [0.15, 0.2) is 42.5 Å². The Hall–Kier alpha value is -1.42. The molecule has 1 aliphatic heterocycles. The molecule has 1 aliphatic rings. The maximum Gasteiger partial charge on any atom is 1.00 e. The molecule has 11 heteroatoms. The summed E-state index contributed by atoms with van der Waals surface area (Å²) >= 11 is 0. The molecule has 36 heavy (non-hydrogen) atoms. The Kier molecular flexibility index (Phi) is 10.6. The van der Waals surface area contributed by atoms with E-state index in [4.69, 9.17) is 14.4 Å². The van der Waals surface area contributed by atoms with Crippen LogP contribution in [0.5, 0.6) is 5.75 Å². The molecule has 0 aliphatic carbocycles. The smallest absolute Gasteiger partial charge is 0.746 e. The summed E-state index contributed by atoms with van der Waals surface area (Å²) in [4.78, 5) is 32.9. The topological polar surface area (TPSA) is 129 Å². The number of benzene rings is 2. The maximum absolute atomic E-state index is 13.0. The van der Waals surface area contributed by atoms with Crippen LogP contribution in [0.25, 0.3) is 0 Å². The number of carbonyl (C=O) groups is 1. The number of ether oxygens (including phenoxy) is 2. The number of phosphoric ester groups is 1. The molecular formula is C25H34N2NaO7P. The van der Waals surface area contributed by atoms with E-state index in [1.54, 1.807) is 12.1 Å². The summed E-state index contributed by atoms with van der Waals surface area (Å²) in [7, 11) is -4.92. The summed E-state index contributed by atoms with van der Waals surface area (Å²) in [6.07, 6.45) is -0.492. The van der Waals surface area contributed by atoms with Gasteiger partial charge in [0.05, 0.1) is 18.8 Å². The van der Waals surface area contributed by atoms with Crippen LogP contribution in [0.3, 0.4) is 0 Å². The van der Waals surface area contributed by atoms with Crippen LogP contribution in [0, 0.1) is 0 Å². The van der Waals surface area contributed by atoms with E-state index in [1.165, 1.54) is 12.1 Å². The molecule has 1 heterocycles. The van der Waals surface area contributed by atoms with E-state index in [9.17, 15) is 14.3 Å². The largest absolute Gasteiger partial charge is 1.00 e. The van der Waals surface area contributed by atoms with Crippen molar-refractivity contribution in [1.29, 1.82) is 0 Å². The minimum atomic E-state index is -4.92. The van der Waals surface area contributed by atoms with Crippen molar-refractivity contribution in [3.05, 3.63) is 59.2 Å². The van der Waals surface area contributed by atoms with E-state index in [0.717, 1.165) is 16.8 Å². The second-order valence-corrected chi connectivity index (χ2v) is 10.5. The third-order valence-corrected chi connectivity index (χ3v) is 6.46. The number of carbonyl (C=O) groups excluding carboxylic acids is 1. The summed E-state index contributed by atoms with van der Waals surface area (Å²) < 4.78 is 27.8. The Bertz CT molecular complexity index is 1050. The molecule has 0 spiro atoms. The number of phosphoric acid groups is 1. The average Bonchev–Trinajstić information content (AvgIpc) is 3.06. The SMILES string of the molecule is CC(C)c1cccc(C(C)C)c1NC(=O)NCC1(c2ccc(OP(=O)([O-])O)cc2)O[C@H](C)[C@@H](C)O1.[Na+]. The van der Waals surface area contributed by atoms with Gasteiger partial charge in [0.25, 0.3) is 0 Å². The van der Waals surface area contributed by atoms with Gasteiger partial charge in [-0.1, -0.05) is 45.9 Å². The van der Waals surface area contributed by atoms with Crippen molar-refractivity contribution in [1.82, 2.24) is 5.32 Å². The van der Waals surface area contributed by atoms with Gasteiger partial charge >= 0.3 is 43.4 Å². The Morgan fingerprint density at radius 2 is 1.56 bits per heavy atom. The minimum Gasteiger partial charge on any atom is -0.746 e. The molecule has 0 radical (unpaired) electrons. The molecule has 2 amide bonds. The number of hydrogen-bond donors (Lipinski definition) is 3. The number of anilines is 1. The molecule has 1 unspecified atom stereocenters. The molecule has 192 valence electrons. The van der Waals surface area contributed by atoms with E-state index >= 15 is 0 Å². The van der Waals surface area contributed by atoms with Crippen LogP contribution < -0.4 is 49.6 Å². The van der Waals surface area contributed by atoms with Gasteiger partial charge in [0.15, 0.2) is 0 Å². The maximum atomic E-state index is 13.0. The first-order valence-corrected chi connectivity index (χ1v) is 13.2. The zero-order valence-electron chi connectivity index (χ0n) is 21.9. The molecule has 1 saturated heterocycles. The number of para-hydroxylation sites is 1. The Balaban J connectivity index is 0.00000456. The number of rotatable bonds is 8. The first-order valence-electron chi connectivity index (χ1n) is 11.7. The molecule has 3 atom stereocenters. The van der Waals surface area contributed by atoms with Gasteiger partial charge in [0.1, 0.15) is 5.75 Å². The fraction of sp³-hybridized carbons (Fsp3) is 0.480. The normalized spacial score (nSPS) is 20.5. The zero-order chi connectivity index (χ0) is 26.0. The quantitative estimate of drug-likeness (QED) is 0.351. The molecule has 0 bridgehead atoms. The molecule has 0 saturated carbocycles. The molecule has 2 aromatic rings. The van der Waals surface area contributed by atoms with Crippen LogP contribution >= 0.6 is 7.82 Å². The van der Waals surface area contributed by atoms with Gasteiger partial charge in [-0.15, -0.1) is 0 Å². The molecule has 3 rings (SSSR count). The molecular weight excluding hydrogens is 494 g/mol. The molecule has 2 aromatic carbocycles. The van der Waals surface area contributed by atoms with Gasteiger partial charge in [-0.05, 0) is 61.1 Å². The van der Waals surface area contributed by atoms with Crippen molar-refractivity contribution in [3.8, 4) is 5.75 Å². The van der Waals surface area contributed by atoms with E-state index < -0.39 is 19.6 Å². The number of urea groups is 1. The van der Waals surface area contributed by atoms with Crippen molar-refractivity contribution >= 4 is 19.5 Å². The molecule has 0 aromatic heterocycles. The fourth-order valence-electron chi connectivity index (χ4n) is 4.09. The van der Waals surface area contributed by atoms with Crippen molar-refractivity contribution in [2.45, 2.75) is 71.4 Å². The van der Waals surface area contributed by atoms with Gasteiger partial charge in [0, 0.05) is 11.3 Å². The van der Waals surface area contributed by atoms with Gasteiger partial charge in [-0.3, -0.25) is 4.57 Å². The van der Waals surface area contributed by atoms with Crippen LogP contribution in [0.2, 0.25) is 0 Å². The summed E-state index contributed by atoms with van der Waals surface area (Å²) in [5.41, 5.74) is 3.45. The van der Waals surface area contributed by atoms with Gasteiger partial charge < -0.3 is 34.4 Å². The number of nitrogens with one attached hydrogen (secondary N) is 2. The second kappa shape index (κ2) is 12.4. The zero-order valence-corrected chi connectivity index (χ0v) is 24.8. The van der Waals surface area contributed by atoms with E-state index in [2.05, 4.69) is 42.9 Å². The van der Waals surface area contributed by atoms with Crippen molar-refractivity contribution in [3.63, 3.8) is 0 Å². The van der Waals surface area contributed by atoms with Crippen LogP contribution in [0.4, 0.5) is 10.5 Å².